The highest BCUT2D eigenvalue weighted by molar-refractivity contribution is 5.79. The molecule has 3 aromatic rings. The Labute approximate surface area is 196 Å². The molecule has 8 heteroatoms. The first-order valence-corrected chi connectivity index (χ1v) is 11.2. The van der Waals surface area contributed by atoms with Crippen molar-refractivity contribution in [1.82, 2.24) is 25.0 Å². The number of nitrogens with zero attached hydrogens (tertiary/aromatic N) is 6. The van der Waals surface area contributed by atoms with E-state index in [9.17, 15) is 0 Å². The first-order chi connectivity index (χ1) is 16.0. The molecule has 0 atom stereocenters. The van der Waals surface area contributed by atoms with Gasteiger partial charge < -0.3 is 24.4 Å². The van der Waals surface area contributed by atoms with E-state index in [0.29, 0.717) is 6.54 Å². The Bertz CT molecular complexity index is 1010. The second-order valence-corrected chi connectivity index (χ2v) is 8.10. The molecule has 2 aromatic carbocycles. The molecule has 1 heterocycles. The molecule has 0 spiro atoms. The van der Waals surface area contributed by atoms with Gasteiger partial charge in [-0.3, -0.25) is 0 Å². The molecule has 0 aliphatic carbocycles. The van der Waals surface area contributed by atoms with Crippen LogP contribution in [0.2, 0.25) is 0 Å². The number of ether oxygens (including phenoxy) is 1. The number of aryl methyl sites for hydroxylation is 1. The maximum atomic E-state index is 5.27. The number of hydrogen-bond donors (Lipinski definition) is 1. The number of anilines is 1. The average Bonchev–Trinajstić information content (AvgIpc) is 3.16. The van der Waals surface area contributed by atoms with E-state index in [0.717, 1.165) is 49.4 Å². The van der Waals surface area contributed by atoms with Crippen LogP contribution in [0.25, 0.3) is 0 Å². The summed E-state index contributed by atoms with van der Waals surface area (Å²) in [4.78, 5) is 9.24. The Morgan fingerprint density at radius 2 is 1.79 bits per heavy atom. The number of aromatic nitrogens is 3. The highest BCUT2D eigenvalue weighted by atomic mass is 16.5. The van der Waals surface area contributed by atoms with Gasteiger partial charge in [0.2, 0.25) is 0 Å². The maximum absolute atomic E-state index is 5.27. The van der Waals surface area contributed by atoms with Crippen LogP contribution in [0.4, 0.5) is 5.69 Å². The van der Waals surface area contributed by atoms with Crippen molar-refractivity contribution < 1.29 is 4.74 Å². The van der Waals surface area contributed by atoms with E-state index in [1.807, 2.05) is 43.8 Å². The van der Waals surface area contributed by atoms with Crippen molar-refractivity contribution in [2.24, 2.45) is 12.0 Å². The number of benzene rings is 2. The lowest BCUT2D eigenvalue weighted by atomic mass is 10.2. The Morgan fingerprint density at radius 1 is 1.06 bits per heavy atom. The summed E-state index contributed by atoms with van der Waals surface area (Å²) in [6.45, 7) is 4.92. The second-order valence-electron chi connectivity index (χ2n) is 8.10. The molecule has 0 amide bonds. The minimum atomic E-state index is 0.469. The van der Waals surface area contributed by atoms with Gasteiger partial charge >= 0.3 is 0 Å². The number of aliphatic imine (C=N–C) groups is 1. The summed E-state index contributed by atoms with van der Waals surface area (Å²) in [6.07, 6.45) is 0.990. The smallest absolute Gasteiger partial charge is 0.194 e. The van der Waals surface area contributed by atoms with Gasteiger partial charge in [-0.2, -0.15) is 0 Å². The van der Waals surface area contributed by atoms with Gasteiger partial charge in [-0.05, 0) is 43.2 Å². The van der Waals surface area contributed by atoms with Gasteiger partial charge in [0.1, 0.15) is 18.1 Å². The Morgan fingerprint density at radius 3 is 2.42 bits per heavy atom. The van der Waals surface area contributed by atoms with E-state index in [1.54, 1.807) is 7.11 Å². The van der Waals surface area contributed by atoms with Crippen molar-refractivity contribution in [3.8, 4) is 5.75 Å². The van der Waals surface area contributed by atoms with Crippen LogP contribution in [0.5, 0.6) is 5.75 Å². The highest BCUT2D eigenvalue weighted by Crippen LogP contribution is 2.13. The molecule has 0 bridgehead atoms. The zero-order chi connectivity index (χ0) is 23.6. The third-order valence-electron chi connectivity index (χ3n) is 5.64. The van der Waals surface area contributed by atoms with E-state index in [-0.39, 0.29) is 0 Å². The molecule has 176 valence electrons. The Balaban J connectivity index is 1.62. The zero-order valence-electron chi connectivity index (χ0n) is 20.3. The molecular weight excluding hydrogens is 414 g/mol. The van der Waals surface area contributed by atoms with E-state index < -0.39 is 0 Å². The van der Waals surface area contributed by atoms with Gasteiger partial charge in [0.05, 0.1) is 7.11 Å². The molecule has 0 radical (unpaired) electrons. The lowest BCUT2D eigenvalue weighted by Crippen LogP contribution is -2.39. The molecular formula is C25H35N7O. The Kier molecular flexibility index (Phi) is 8.69. The molecule has 8 nitrogen and oxygen atoms in total. The summed E-state index contributed by atoms with van der Waals surface area (Å²) < 4.78 is 7.24. The normalized spacial score (nSPS) is 11.4. The Hall–Kier alpha value is -3.55. The second kappa shape index (κ2) is 11.9. The fraction of sp³-hybridized carbons (Fsp3) is 0.400. The van der Waals surface area contributed by atoms with Crippen LogP contribution in [0.3, 0.4) is 0 Å². The fourth-order valence-electron chi connectivity index (χ4n) is 3.45. The van der Waals surface area contributed by atoms with Crippen molar-refractivity contribution in [2.45, 2.75) is 26.4 Å². The van der Waals surface area contributed by atoms with Gasteiger partial charge in [-0.1, -0.05) is 30.3 Å². The number of nitrogens with one attached hydrogen (secondary N) is 1. The predicted octanol–water partition coefficient (Wildman–Crippen LogP) is 3.24. The van der Waals surface area contributed by atoms with Crippen LogP contribution in [-0.2, 0) is 20.1 Å². The van der Waals surface area contributed by atoms with Crippen LogP contribution < -0.4 is 15.0 Å². The van der Waals surface area contributed by atoms with E-state index in [2.05, 4.69) is 68.8 Å². The zero-order valence-corrected chi connectivity index (χ0v) is 20.3. The van der Waals surface area contributed by atoms with Crippen molar-refractivity contribution in [2.75, 3.05) is 39.2 Å². The third-order valence-corrected chi connectivity index (χ3v) is 5.64. The van der Waals surface area contributed by atoms with E-state index >= 15 is 0 Å². The molecule has 1 aromatic heterocycles. The quantitative estimate of drug-likeness (QED) is 0.291. The number of methoxy groups -OCH3 is 1. The van der Waals surface area contributed by atoms with Crippen molar-refractivity contribution in [3.63, 3.8) is 0 Å². The summed E-state index contributed by atoms with van der Waals surface area (Å²) in [5.74, 6) is 3.42. The summed E-state index contributed by atoms with van der Waals surface area (Å²) in [5.41, 5.74) is 2.41. The summed E-state index contributed by atoms with van der Waals surface area (Å²) >= 11 is 0. The first-order valence-electron chi connectivity index (χ1n) is 11.2. The predicted molar refractivity (Wildman–Crippen MR) is 134 cm³/mol. The molecule has 1 N–H and O–H groups in total. The summed E-state index contributed by atoms with van der Waals surface area (Å²) in [6, 6.07) is 18.6. The molecule has 0 fully saturated rings. The van der Waals surface area contributed by atoms with Gasteiger partial charge in [-0.25, -0.2) is 4.99 Å². The molecule has 33 heavy (non-hydrogen) atoms. The molecule has 0 aliphatic heterocycles. The first kappa shape index (κ1) is 24.1. The van der Waals surface area contributed by atoms with E-state index in [4.69, 9.17) is 9.73 Å². The topological polar surface area (TPSA) is 70.8 Å². The summed E-state index contributed by atoms with van der Waals surface area (Å²) in [7, 11) is 7.82. The standard InChI is InChI=1S/C25H35N7O/c1-20-28-29-24(32(20)4)18-27-25(31(3)19-21-12-14-23(33-5)15-13-21)26-16-9-17-30(2)22-10-7-6-8-11-22/h6-8,10-15H,9,16-19H2,1-5H3,(H,26,27). The van der Waals surface area contributed by atoms with Crippen LogP contribution >= 0.6 is 0 Å². The minimum absolute atomic E-state index is 0.469. The van der Waals surface area contributed by atoms with Gasteiger partial charge in [-0.15, -0.1) is 10.2 Å². The molecule has 0 saturated carbocycles. The van der Waals surface area contributed by atoms with E-state index in [1.165, 1.54) is 11.3 Å². The van der Waals surface area contributed by atoms with Crippen molar-refractivity contribution >= 4 is 11.6 Å². The molecule has 3 rings (SSSR count). The number of rotatable bonds is 10. The molecule has 0 unspecified atom stereocenters. The maximum Gasteiger partial charge on any atom is 0.194 e. The van der Waals surface area contributed by atoms with Crippen molar-refractivity contribution in [3.05, 3.63) is 71.8 Å². The van der Waals surface area contributed by atoms with Crippen LogP contribution in [0, 0.1) is 6.92 Å². The lowest BCUT2D eigenvalue weighted by molar-refractivity contribution is 0.414. The average molecular weight is 450 g/mol. The molecule has 0 aliphatic rings. The molecule has 0 saturated heterocycles. The van der Waals surface area contributed by atoms with Gasteiger partial charge in [0.15, 0.2) is 11.8 Å². The van der Waals surface area contributed by atoms with Crippen LogP contribution in [0.15, 0.2) is 59.6 Å². The SMILES string of the molecule is COc1ccc(CN(C)C(=NCc2nnc(C)n2C)NCCCN(C)c2ccccc2)cc1. The van der Waals surface area contributed by atoms with Crippen molar-refractivity contribution in [1.29, 1.82) is 0 Å². The largest absolute Gasteiger partial charge is 0.497 e. The number of hydrogen-bond acceptors (Lipinski definition) is 5. The number of para-hydroxylation sites is 1. The third kappa shape index (κ3) is 6.97. The van der Waals surface area contributed by atoms with Gasteiger partial charge in [0.25, 0.3) is 0 Å². The summed E-state index contributed by atoms with van der Waals surface area (Å²) in [5, 5.41) is 11.9. The van der Waals surface area contributed by atoms with Gasteiger partial charge in [0, 0.05) is 46.5 Å². The number of guanidine groups is 1. The fourth-order valence-corrected chi connectivity index (χ4v) is 3.45. The lowest BCUT2D eigenvalue weighted by Gasteiger charge is -2.24. The highest BCUT2D eigenvalue weighted by Gasteiger charge is 2.10. The van der Waals surface area contributed by atoms with Crippen LogP contribution in [-0.4, -0.2) is 59.9 Å². The van der Waals surface area contributed by atoms with Crippen LogP contribution in [0.1, 0.15) is 23.6 Å². The minimum Gasteiger partial charge on any atom is -0.497 e. The monoisotopic (exact) mass is 449 g/mol.